The number of aryl methyl sites for hydroxylation is 1. The molecule has 2 aromatic rings. The maximum absolute atomic E-state index is 9.14. The average Bonchev–Trinajstić information content (AvgIpc) is 2.92. The minimum atomic E-state index is 0.0955. The summed E-state index contributed by atoms with van der Waals surface area (Å²) in [5, 5.41) is 12.6. The van der Waals surface area contributed by atoms with E-state index in [0.717, 1.165) is 30.9 Å². The molecule has 4 nitrogen and oxygen atoms in total. The first kappa shape index (κ1) is 14.8. The smallest absolute Gasteiger partial charge is 0.108 e. The first-order valence-electron chi connectivity index (χ1n) is 7.15. The summed E-state index contributed by atoms with van der Waals surface area (Å²) >= 11 is 0. The van der Waals surface area contributed by atoms with Crippen LogP contribution in [0.1, 0.15) is 30.8 Å². The van der Waals surface area contributed by atoms with E-state index >= 15 is 0 Å². The zero-order valence-electron chi connectivity index (χ0n) is 12.2. The van der Waals surface area contributed by atoms with Gasteiger partial charge in [-0.1, -0.05) is 31.2 Å². The number of hydrogen-bond acceptors (Lipinski definition) is 3. The monoisotopic (exact) mass is 273 g/mol. The van der Waals surface area contributed by atoms with Crippen molar-refractivity contribution in [3.05, 3.63) is 53.6 Å². The zero-order chi connectivity index (χ0) is 14.4. The predicted molar refractivity (Wildman–Crippen MR) is 80.3 cm³/mol. The van der Waals surface area contributed by atoms with E-state index in [4.69, 9.17) is 5.11 Å². The Labute approximate surface area is 120 Å². The molecule has 20 heavy (non-hydrogen) atoms. The highest BCUT2D eigenvalue weighted by atomic mass is 16.3. The van der Waals surface area contributed by atoms with E-state index in [9.17, 15) is 0 Å². The van der Waals surface area contributed by atoms with E-state index in [1.165, 1.54) is 5.56 Å². The summed E-state index contributed by atoms with van der Waals surface area (Å²) in [6, 6.07) is 8.40. The van der Waals surface area contributed by atoms with Crippen LogP contribution in [0.3, 0.4) is 0 Å². The van der Waals surface area contributed by atoms with E-state index in [1.54, 1.807) is 0 Å². The molecule has 0 fully saturated rings. The molecule has 0 radical (unpaired) electrons. The van der Waals surface area contributed by atoms with E-state index in [-0.39, 0.29) is 6.61 Å². The van der Waals surface area contributed by atoms with Crippen molar-refractivity contribution in [2.24, 2.45) is 0 Å². The summed E-state index contributed by atoms with van der Waals surface area (Å²) in [7, 11) is 0. The molecule has 0 bridgehead atoms. The highest BCUT2D eigenvalue weighted by Gasteiger charge is 2.06. The summed E-state index contributed by atoms with van der Waals surface area (Å²) in [4.78, 5) is 4.34. The summed E-state index contributed by atoms with van der Waals surface area (Å²) in [5.74, 6) is 1.13. The molecule has 0 saturated carbocycles. The Morgan fingerprint density at radius 3 is 2.90 bits per heavy atom. The Hall–Kier alpha value is -1.65. The summed E-state index contributed by atoms with van der Waals surface area (Å²) in [5.41, 5.74) is 2.16. The van der Waals surface area contributed by atoms with Gasteiger partial charge in [0.25, 0.3) is 0 Å². The topological polar surface area (TPSA) is 50.1 Å². The zero-order valence-corrected chi connectivity index (χ0v) is 12.2. The lowest BCUT2D eigenvalue weighted by Gasteiger charge is -2.16. The highest BCUT2D eigenvalue weighted by Crippen LogP contribution is 2.06. The first-order valence-corrected chi connectivity index (χ1v) is 7.15. The van der Waals surface area contributed by atoms with Gasteiger partial charge in [0.2, 0.25) is 0 Å². The normalized spacial score (nSPS) is 12.6. The van der Waals surface area contributed by atoms with Gasteiger partial charge in [-0.15, -0.1) is 0 Å². The number of nitrogens with one attached hydrogen (secondary N) is 1. The fourth-order valence-corrected chi connectivity index (χ4v) is 2.31. The Bertz CT molecular complexity index is 536. The molecule has 0 aliphatic heterocycles. The fraction of sp³-hybridized carbons (Fsp3) is 0.438. The molecule has 0 aliphatic rings. The van der Waals surface area contributed by atoms with Crippen molar-refractivity contribution in [2.45, 2.75) is 46.0 Å². The lowest BCUT2D eigenvalue weighted by Crippen LogP contribution is -2.30. The van der Waals surface area contributed by atoms with Gasteiger partial charge in [-0.2, -0.15) is 0 Å². The van der Waals surface area contributed by atoms with Crippen molar-refractivity contribution in [1.29, 1.82) is 0 Å². The van der Waals surface area contributed by atoms with Crippen molar-refractivity contribution in [1.82, 2.24) is 14.9 Å². The lowest BCUT2D eigenvalue weighted by molar-refractivity contribution is 0.281. The molecule has 0 aliphatic carbocycles. The third-order valence-electron chi connectivity index (χ3n) is 3.42. The number of benzene rings is 1. The van der Waals surface area contributed by atoms with Crippen molar-refractivity contribution < 1.29 is 5.11 Å². The van der Waals surface area contributed by atoms with Crippen molar-refractivity contribution in [3.63, 3.8) is 0 Å². The second kappa shape index (κ2) is 7.22. The van der Waals surface area contributed by atoms with Gasteiger partial charge < -0.3 is 15.0 Å². The predicted octanol–water partition coefficient (Wildman–Crippen LogP) is 2.12. The molecule has 0 spiro atoms. The van der Waals surface area contributed by atoms with Crippen LogP contribution in [0, 0.1) is 0 Å². The maximum Gasteiger partial charge on any atom is 0.108 e. The van der Waals surface area contributed by atoms with Crippen LogP contribution >= 0.6 is 0 Å². The number of aromatic nitrogens is 2. The number of nitrogens with zero attached hydrogens (tertiary/aromatic N) is 2. The number of imidazole rings is 1. The summed E-state index contributed by atoms with van der Waals surface area (Å²) < 4.78 is 2.20. The van der Waals surface area contributed by atoms with Gasteiger partial charge in [0, 0.05) is 37.9 Å². The Kier molecular flexibility index (Phi) is 5.32. The number of aliphatic hydroxyl groups is 1. The summed E-state index contributed by atoms with van der Waals surface area (Å²) in [6.45, 7) is 6.12. The van der Waals surface area contributed by atoms with E-state index in [2.05, 4.69) is 34.8 Å². The fourth-order valence-electron chi connectivity index (χ4n) is 2.31. The molecule has 0 saturated heterocycles. The summed E-state index contributed by atoms with van der Waals surface area (Å²) in [6.07, 6.45) is 4.85. The van der Waals surface area contributed by atoms with E-state index in [0.29, 0.717) is 6.04 Å². The van der Waals surface area contributed by atoms with Crippen LogP contribution in [0.2, 0.25) is 0 Å². The molecule has 2 rings (SSSR count). The number of aliphatic hydroxyl groups excluding tert-OH is 1. The van der Waals surface area contributed by atoms with Crippen molar-refractivity contribution >= 4 is 0 Å². The van der Waals surface area contributed by atoms with Crippen LogP contribution in [0.25, 0.3) is 0 Å². The van der Waals surface area contributed by atoms with Gasteiger partial charge in [0.1, 0.15) is 5.82 Å². The van der Waals surface area contributed by atoms with Crippen LogP contribution in [0.15, 0.2) is 36.7 Å². The van der Waals surface area contributed by atoms with Crippen molar-refractivity contribution in [3.8, 4) is 0 Å². The third kappa shape index (κ3) is 3.92. The molecule has 4 heteroatoms. The molecule has 1 aromatic heterocycles. The van der Waals surface area contributed by atoms with Crippen molar-refractivity contribution in [2.75, 3.05) is 0 Å². The van der Waals surface area contributed by atoms with Gasteiger partial charge in [-0.25, -0.2) is 4.98 Å². The van der Waals surface area contributed by atoms with Crippen LogP contribution < -0.4 is 5.32 Å². The van der Waals surface area contributed by atoms with Gasteiger partial charge in [-0.05, 0) is 18.1 Å². The number of rotatable bonds is 7. The second-order valence-electron chi connectivity index (χ2n) is 5.11. The molecule has 0 unspecified atom stereocenters. The van der Waals surface area contributed by atoms with Gasteiger partial charge in [-0.3, -0.25) is 0 Å². The van der Waals surface area contributed by atoms with Crippen LogP contribution in [-0.4, -0.2) is 20.7 Å². The molecular formula is C16H23N3O. The van der Waals surface area contributed by atoms with Gasteiger partial charge >= 0.3 is 0 Å². The quantitative estimate of drug-likeness (QED) is 0.812. The minimum Gasteiger partial charge on any atom is -0.392 e. The molecular weight excluding hydrogens is 250 g/mol. The molecule has 1 aromatic carbocycles. The number of hydrogen-bond donors (Lipinski definition) is 2. The van der Waals surface area contributed by atoms with Crippen LogP contribution in [0.5, 0.6) is 0 Å². The molecule has 108 valence electrons. The molecule has 2 N–H and O–H groups in total. The maximum atomic E-state index is 9.14. The third-order valence-corrected chi connectivity index (χ3v) is 3.42. The standard InChI is InChI=1S/C16H23N3O/c1-3-16-17-7-8-19(16)11-13(2)18-10-14-5-4-6-15(9-14)12-20/h4-9,13,18,20H,3,10-12H2,1-2H3/t13-/m1/s1. The SMILES string of the molecule is CCc1nccn1C[C@@H](C)NCc1cccc(CO)c1. The Balaban J connectivity index is 1.87. The van der Waals surface area contributed by atoms with Crippen LogP contribution in [0.4, 0.5) is 0 Å². The van der Waals surface area contributed by atoms with Gasteiger partial charge in [0.05, 0.1) is 6.61 Å². The average molecular weight is 273 g/mol. The minimum absolute atomic E-state index is 0.0955. The van der Waals surface area contributed by atoms with Gasteiger partial charge in [0.15, 0.2) is 0 Å². The Morgan fingerprint density at radius 2 is 2.15 bits per heavy atom. The second-order valence-corrected chi connectivity index (χ2v) is 5.11. The van der Waals surface area contributed by atoms with Crippen LogP contribution in [-0.2, 0) is 26.1 Å². The lowest BCUT2D eigenvalue weighted by atomic mass is 10.1. The van der Waals surface area contributed by atoms with E-state index < -0.39 is 0 Å². The largest absolute Gasteiger partial charge is 0.392 e. The first-order chi connectivity index (χ1) is 9.72. The van der Waals surface area contributed by atoms with E-state index in [1.807, 2.05) is 30.6 Å². The Morgan fingerprint density at radius 1 is 1.35 bits per heavy atom. The molecule has 1 atom stereocenters. The molecule has 1 heterocycles. The molecule has 0 amide bonds. The highest BCUT2D eigenvalue weighted by molar-refractivity contribution is 5.22.